The summed E-state index contributed by atoms with van der Waals surface area (Å²) in [5.41, 5.74) is 0. The van der Waals surface area contributed by atoms with Gasteiger partial charge in [-0.15, -0.1) is 0 Å². The first-order valence-corrected chi connectivity index (χ1v) is 8.62. The normalized spacial score (nSPS) is 10.7. The van der Waals surface area contributed by atoms with Gasteiger partial charge in [-0.1, -0.05) is 0 Å². The molecule has 0 saturated heterocycles. The van der Waals surface area contributed by atoms with E-state index in [2.05, 4.69) is 6.92 Å². The van der Waals surface area contributed by atoms with Crippen LogP contribution in [0.3, 0.4) is 0 Å². The first-order valence-electron chi connectivity index (χ1n) is 6.41. The predicted molar refractivity (Wildman–Crippen MR) is 62.4 cm³/mol. The van der Waals surface area contributed by atoms with Crippen LogP contribution in [-0.4, -0.2) is 49.0 Å². The third-order valence-electron chi connectivity index (χ3n) is 2.71. The van der Waals surface area contributed by atoms with Crippen LogP contribution in [0.2, 0.25) is 0.515 Å². The van der Waals surface area contributed by atoms with Gasteiger partial charge in [0.1, 0.15) is 0 Å². The fraction of sp³-hybridized carbons (Fsp3) is 1.00. The van der Waals surface area contributed by atoms with E-state index in [0.717, 1.165) is 49.0 Å². The van der Waals surface area contributed by atoms with E-state index in [0.29, 0.717) is 0 Å². The van der Waals surface area contributed by atoms with Crippen molar-refractivity contribution in [3.63, 3.8) is 0 Å². The molecular formula is C12H25K. The maximum absolute atomic E-state index is 2.29. The van der Waals surface area contributed by atoms with E-state index in [1.165, 1.54) is 64.2 Å². The third kappa shape index (κ3) is 13.6. The molecule has 0 rings (SSSR count). The number of hydrogen-bond donors (Lipinski definition) is 0. The SMILES string of the molecule is CCCCCCCCCCC[CH2][K]. The van der Waals surface area contributed by atoms with Gasteiger partial charge in [0.2, 0.25) is 0 Å². The zero-order valence-corrected chi connectivity index (χ0v) is 12.9. The minimum atomic E-state index is 1.10. The van der Waals surface area contributed by atoms with Gasteiger partial charge in [0.25, 0.3) is 0 Å². The van der Waals surface area contributed by atoms with Crippen LogP contribution in [0.25, 0.3) is 0 Å². The fourth-order valence-corrected chi connectivity index (χ4v) is 2.52. The van der Waals surface area contributed by atoms with Crippen molar-refractivity contribution in [2.45, 2.75) is 71.6 Å². The Kier molecular flexibility index (Phi) is 15.4. The van der Waals surface area contributed by atoms with E-state index in [1.54, 1.807) is 0.515 Å². The first kappa shape index (κ1) is 14.6. The van der Waals surface area contributed by atoms with E-state index in [1.807, 2.05) is 0 Å². The Labute approximate surface area is 119 Å². The van der Waals surface area contributed by atoms with Crippen molar-refractivity contribution in [3.05, 3.63) is 0 Å². The van der Waals surface area contributed by atoms with Crippen LogP contribution in [0.5, 0.6) is 0 Å². The molecule has 0 aromatic carbocycles. The fourth-order valence-electron chi connectivity index (χ4n) is 1.74. The van der Waals surface area contributed by atoms with Crippen LogP contribution >= 0.6 is 0 Å². The van der Waals surface area contributed by atoms with Crippen molar-refractivity contribution in [2.24, 2.45) is 0 Å². The van der Waals surface area contributed by atoms with Crippen molar-refractivity contribution < 1.29 is 0 Å². The Hall–Kier alpha value is 1.64. The molecule has 0 spiro atoms. The van der Waals surface area contributed by atoms with Crippen LogP contribution in [-0.2, 0) is 0 Å². The quantitative estimate of drug-likeness (QED) is 0.366. The van der Waals surface area contributed by atoms with E-state index >= 15 is 0 Å². The van der Waals surface area contributed by atoms with Crippen LogP contribution in [0.1, 0.15) is 71.1 Å². The molecule has 74 valence electrons. The van der Waals surface area contributed by atoms with Gasteiger partial charge < -0.3 is 0 Å². The van der Waals surface area contributed by atoms with Gasteiger partial charge in [0.15, 0.2) is 0 Å². The van der Waals surface area contributed by atoms with E-state index in [-0.39, 0.29) is 0 Å². The van der Waals surface area contributed by atoms with Gasteiger partial charge in [0.05, 0.1) is 0 Å². The van der Waals surface area contributed by atoms with Gasteiger partial charge in [-0.05, 0) is 0 Å². The van der Waals surface area contributed by atoms with Crippen LogP contribution in [0.15, 0.2) is 0 Å². The topological polar surface area (TPSA) is 0 Å². The minimum absolute atomic E-state index is 1.10. The Balaban J connectivity index is 2.76. The summed E-state index contributed by atoms with van der Waals surface area (Å²) in [5, 5.41) is 0. The molecule has 0 saturated carbocycles. The molecule has 0 atom stereocenters. The van der Waals surface area contributed by atoms with Gasteiger partial charge in [-0.2, -0.15) is 0 Å². The molecule has 0 heterocycles. The summed E-state index contributed by atoms with van der Waals surface area (Å²) in [6.07, 6.45) is 14.8. The van der Waals surface area contributed by atoms with Gasteiger partial charge in [-0.25, -0.2) is 0 Å². The van der Waals surface area contributed by atoms with Crippen molar-refractivity contribution in [3.8, 4) is 0 Å². The summed E-state index contributed by atoms with van der Waals surface area (Å²) in [6, 6.07) is 0. The molecule has 0 aliphatic rings. The van der Waals surface area contributed by atoms with Crippen LogP contribution in [0, 0.1) is 0 Å². The second-order valence-corrected chi connectivity index (χ2v) is 5.74. The molecular weight excluding hydrogens is 183 g/mol. The molecule has 13 heavy (non-hydrogen) atoms. The molecule has 0 bridgehead atoms. The number of unbranched alkanes of at least 4 members (excludes halogenated alkanes) is 9. The zero-order chi connectivity index (χ0) is 9.78. The average molecular weight is 208 g/mol. The average Bonchev–Trinajstić information content (AvgIpc) is 2.16. The molecule has 1 heteroatoms. The number of rotatable bonds is 10. The molecule has 0 aliphatic heterocycles. The molecule has 0 N–H and O–H groups in total. The Morgan fingerprint density at radius 1 is 0.615 bits per heavy atom. The summed E-state index contributed by atoms with van der Waals surface area (Å²) >= 11 is 1.10. The van der Waals surface area contributed by atoms with Gasteiger partial charge >= 0.3 is 121 Å². The van der Waals surface area contributed by atoms with Crippen LogP contribution < -0.4 is 0 Å². The molecule has 0 fully saturated rings. The van der Waals surface area contributed by atoms with Crippen molar-refractivity contribution in [1.29, 1.82) is 0 Å². The number of hydrogen-bond acceptors (Lipinski definition) is 0. The monoisotopic (exact) mass is 208 g/mol. The second-order valence-electron chi connectivity index (χ2n) is 4.18. The summed E-state index contributed by atoms with van der Waals surface area (Å²) in [4.78, 5) is 0. The van der Waals surface area contributed by atoms with Gasteiger partial charge in [-0.3, -0.25) is 0 Å². The van der Waals surface area contributed by atoms with Crippen molar-refractivity contribution in [1.82, 2.24) is 0 Å². The first-order chi connectivity index (χ1) is 6.41. The van der Waals surface area contributed by atoms with Crippen molar-refractivity contribution >= 4 is 49.0 Å². The predicted octanol–water partition coefficient (Wildman–Crippen LogP) is 4.49. The summed E-state index contributed by atoms with van der Waals surface area (Å²) < 4.78 is 1.56. The van der Waals surface area contributed by atoms with Gasteiger partial charge in [0, 0.05) is 0 Å². The zero-order valence-electron chi connectivity index (χ0n) is 9.78. The molecule has 0 amide bonds. The summed E-state index contributed by atoms with van der Waals surface area (Å²) in [5.74, 6) is 0. The maximum atomic E-state index is 2.29. The standard InChI is InChI=1S/C12H25.K/c1-3-5-7-9-11-12-10-8-6-4-2;/h1,3-12H2,2H3;. The molecule has 0 aromatic heterocycles. The van der Waals surface area contributed by atoms with Crippen LogP contribution in [0.4, 0.5) is 0 Å². The second kappa shape index (κ2) is 13.6. The Morgan fingerprint density at radius 3 is 1.38 bits per heavy atom. The Morgan fingerprint density at radius 2 is 1.00 bits per heavy atom. The summed E-state index contributed by atoms with van der Waals surface area (Å²) in [6.45, 7) is 2.29. The molecule has 0 radical (unpaired) electrons. The third-order valence-corrected chi connectivity index (χ3v) is 3.81. The molecule has 0 nitrogen and oxygen atoms in total. The summed E-state index contributed by atoms with van der Waals surface area (Å²) in [7, 11) is 0. The molecule has 0 unspecified atom stereocenters. The Bertz CT molecular complexity index is 71.2. The molecule has 0 aromatic rings. The van der Waals surface area contributed by atoms with E-state index < -0.39 is 0 Å². The van der Waals surface area contributed by atoms with E-state index in [4.69, 9.17) is 0 Å². The van der Waals surface area contributed by atoms with E-state index in [9.17, 15) is 0 Å². The molecule has 0 aliphatic carbocycles. The van der Waals surface area contributed by atoms with Crippen molar-refractivity contribution in [2.75, 3.05) is 0 Å².